The number of alkyl halides is 3. The van der Waals surface area contributed by atoms with Crippen molar-refractivity contribution in [3.63, 3.8) is 0 Å². The van der Waals surface area contributed by atoms with Crippen LogP contribution in [0.1, 0.15) is 16.8 Å². The fourth-order valence-electron chi connectivity index (χ4n) is 2.87. The Hall–Kier alpha value is -3.68. The molecule has 1 aromatic carbocycles. The Morgan fingerprint density at radius 1 is 0.935 bits per heavy atom. The third-order valence-corrected chi connectivity index (χ3v) is 5.31. The number of halogens is 3. The molecule has 10 heteroatoms. The lowest BCUT2D eigenvalue weighted by Gasteiger charge is -2.08. The van der Waals surface area contributed by atoms with E-state index in [0.29, 0.717) is 28.0 Å². The first-order valence-corrected chi connectivity index (χ1v) is 10.3. The van der Waals surface area contributed by atoms with Crippen LogP contribution in [0.2, 0.25) is 0 Å². The van der Waals surface area contributed by atoms with E-state index in [2.05, 4.69) is 21.8 Å². The molecule has 0 spiro atoms. The van der Waals surface area contributed by atoms with Crippen LogP contribution in [-0.2, 0) is 16.2 Å². The molecule has 156 valence electrons. The summed E-state index contributed by atoms with van der Waals surface area (Å²) in [6, 6.07) is 9.64. The van der Waals surface area contributed by atoms with Crippen molar-refractivity contribution in [3.8, 4) is 23.0 Å². The monoisotopic (exact) mass is 442 g/mol. The van der Waals surface area contributed by atoms with Gasteiger partial charge in [0.1, 0.15) is 16.2 Å². The van der Waals surface area contributed by atoms with Crippen LogP contribution in [-0.4, -0.2) is 22.8 Å². The molecule has 0 aliphatic heterocycles. The van der Waals surface area contributed by atoms with Gasteiger partial charge >= 0.3 is 6.18 Å². The smallest absolute Gasteiger partial charge is 0.292 e. The molecule has 2 N–H and O–H groups in total. The number of hydrogen-bond acceptors (Lipinski definition) is 4. The van der Waals surface area contributed by atoms with Crippen LogP contribution in [0, 0.1) is 11.8 Å². The lowest BCUT2D eigenvalue weighted by atomic mass is 10.1. The lowest BCUT2D eigenvalue weighted by molar-refractivity contribution is -0.137. The fourth-order valence-corrected chi connectivity index (χ4v) is 3.37. The van der Waals surface area contributed by atoms with Crippen LogP contribution >= 0.6 is 0 Å². The number of hydrogen-bond donors (Lipinski definition) is 1. The second-order valence-electron chi connectivity index (χ2n) is 6.57. The normalized spacial score (nSPS) is 11.9. The molecular weight excluding hydrogens is 429 g/mol. The fraction of sp³-hybridized carbons (Fsp3) is 0.0476. The predicted molar refractivity (Wildman–Crippen MR) is 107 cm³/mol. The Balaban J connectivity index is 1.70. The van der Waals surface area contributed by atoms with E-state index in [1.807, 2.05) is 0 Å². The van der Waals surface area contributed by atoms with Gasteiger partial charge < -0.3 is 0 Å². The van der Waals surface area contributed by atoms with Gasteiger partial charge in [0.15, 0.2) is 0 Å². The van der Waals surface area contributed by atoms with E-state index in [1.54, 1.807) is 22.7 Å². The first-order chi connectivity index (χ1) is 14.6. The Morgan fingerprint density at radius 3 is 2.32 bits per heavy atom. The minimum Gasteiger partial charge on any atom is -0.292 e. The number of aromatic nitrogens is 3. The number of rotatable bonds is 2. The van der Waals surface area contributed by atoms with E-state index in [4.69, 9.17) is 5.14 Å². The van der Waals surface area contributed by atoms with Crippen LogP contribution < -0.4 is 5.14 Å². The van der Waals surface area contributed by atoms with Crippen molar-refractivity contribution in [2.24, 2.45) is 5.14 Å². The molecule has 0 radical (unpaired) electrons. The van der Waals surface area contributed by atoms with Crippen molar-refractivity contribution < 1.29 is 21.6 Å². The van der Waals surface area contributed by atoms with Gasteiger partial charge in [-0.15, -0.1) is 0 Å². The molecule has 0 fully saturated rings. The molecule has 3 aromatic heterocycles. The average Bonchev–Trinajstić information content (AvgIpc) is 3.13. The van der Waals surface area contributed by atoms with Crippen molar-refractivity contribution in [1.29, 1.82) is 0 Å². The topological polar surface area (TPSA) is 90.4 Å². The maximum Gasteiger partial charge on any atom is 0.416 e. The largest absolute Gasteiger partial charge is 0.416 e. The van der Waals surface area contributed by atoms with Crippen molar-refractivity contribution in [2.45, 2.75) is 11.1 Å². The van der Waals surface area contributed by atoms with Crippen LogP contribution in [0.3, 0.4) is 0 Å². The minimum atomic E-state index is -4.40. The van der Waals surface area contributed by atoms with Gasteiger partial charge in [-0.25, -0.2) is 18.5 Å². The second-order valence-corrected chi connectivity index (χ2v) is 8.13. The van der Waals surface area contributed by atoms with Crippen LogP contribution in [0.4, 0.5) is 13.2 Å². The Bertz CT molecular complexity index is 1450. The summed E-state index contributed by atoms with van der Waals surface area (Å²) in [7, 11) is -3.90. The molecule has 3 heterocycles. The van der Waals surface area contributed by atoms with Gasteiger partial charge in [-0.3, -0.25) is 9.38 Å². The van der Waals surface area contributed by atoms with Crippen molar-refractivity contribution in [1.82, 2.24) is 14.4 Å². The Labute approximate surface area is 175 Å². The molecule has 0 amide bonds. The summed E-state index contributed by atoms with van der Waals surface area (Å²) in [5.74, 6) is 5.71. The van der Waals surface area contributed by atoms with E-state index >= 15 is 0 Å². The van der Waals surface area contributed by atoms with E-state index < -0.39 is 21.8 Å². The highest BCUT2D eigenvalue weighted by atomic mass is 32.2. The van der Waals surface area contributed by atoms with E-state index in [1.165, 1.54) is 30.6 Å². The highest BCUT2D eigenvalue weighted by molar-refractivity contribution is 7.89. The number of nitrogens with two attached hydrogens (primary N) is 1. The number of sulfonamides is 1. The highest BCUT2D eigenvalue weighted by Crippen LogP contribution is 2.31. The van der Waals surface area contributed by atoms with Gasteiger partial charge in [0.05, 0.1) is 11.8 Å². The first kappa shape index (κ1) is 20.6. The number of primary sulfonamides is 1. The molecule has 0 aliphatic carbocycles. The lowest BCUT2D eigenvalue weighted by Crippen LogP contribution is -2.12. The Morgan fingerprint density at radius 2 is 1.65 bits per heavy atom. The number of pyridine rings is 2. The predicted octanol–water partition coefficient (Wildman–Crippen LogP) is 3.46. The summed E-state index contributed by atoms with van der Waals surface area (Å²) in [5.41, 5.74) is 2.01. The molecule has 6 nitrogen and oxygen atoms in total. The van der Waals surface area contributed by atoms with Crippen molar-refractivity contribution in [3.05, 3.63) is 84.1 Å². The van der Waals surface area contributed by atoms with E-state index in [0.717, 1.165) is 18.3 Å². The van der Waals surface area contributed by atoms with Crippen LogP contribution in [0.25, 0.3) is 16.8 Å². The van der Waals surface area contributed by atoms with Gasteiger partial charge in [0.25, 0.3) is 0 Å². The van der Waals surface area contributed by atoms with Gasteiger partial charge in [-0.05, 0) is 47.4 Å². The zero-order chi connectivity index (χ0) is 22.2. The van der Waals surface area contributed by atoms with E-state index in [-0.39, 0.29) is 4.90 Å². The SMILES string of the molecule is NS(=O)(=O)c1cncc(C#Cc2cnc3ccc(-c4ccc(C(F)(F)F)cc4)cn23)c1. The van der Waals surface area contributed by atoms with Crippen LogP contribution in [0.15, 0.2) is 72.1 Å². The van der Waals surface area contributed by atoms with Crippen LogP contribution in [0.5, 0.6) is 0 Å². The summed E-state index contributed by atoms with van der Waals surface area (Å²) >= 11 is 0. The summed E-state index contributed by atoms with van der Waals surface area (Å²) in [5, 5.41) is 5.10. The maximum atomic E-state index is 12.8. The van der Waals surface area contributed by atoms with Gasteiger partial charge in [-0.2, -0.15) is 13.2 Å². The third kappa shape index (κ3) is 4.42. The summed E-state index contributed by atoms with van der Waals surface area (Å²) in [6.07, 6.45) is 1.39. The molecule has 0 saturated heterocycles. The summed E-state index contributed by atoms with van der Waals surface area (Å²) in [6.45, 7) is 0. The quantitative estimate of drug-likeness (QED) is 0.482. The molecule has 0 atom stereocenters. The molecule has 0 bridgehead atoms. The highest BCUT2D eigenvalue weighted by Gasteiger charge is 2.29. The third-order valence-electron chi connectivity index (χ3n) is 4.43. The second kappa shape index (κ2) is 7.54. The zero-order valence-electron chi connectivity index (χ0n) is 15.6. The van der Waals surface area contributed by atoms with Gasteiger partial charge in [0, 0.05) is 24.2 Å². The maximum absolute atomic E-state index is 12.8. The molecular formula is C21H13F3N4O2S. The van der Waals surface area contributed by atoms with Gasteiger partial charge in [0.2, 0.25) is 10.0 Å². The molecule has 4 aromatic rings. The minimum absolute atomic E-state index is 0.151. The summed E-state index contributed by atoms with van der Waals surface area (Å²) < 4.78 is 63.0. The molecule has 0 saturated carbocycles. The van der Waals surface area contributed by atoms with Crippen molar-refractivity contribution in [2.75, 3.05) is 0 Å². The van der Waals surface area contributed by atoms with Crippen molar-refractivity contribution >= 4 is 15.7 Å². The molecule has 4 rings (SSSR count). The number of benzene rings is 1. The molecule has 31 heavy (non-hydrogen) atoms. The van der Waals surface area contributed by atoms with E-state index in [9.17, 15) is 21.6 Å². The average molecular weight is 442 g/mol. The molecule has 0 unspecified atom stereocenters. The summed E-state index contributed by atoms with van der Waals surface area (Å²) in [4.78, 5) is 7.93. The zero-order valence-corrected chi connectivity index (χ0v) is 16.4. The number of fused-ring (bicyclic) bond motifs is 1. The van der Waals surface area contributed by atoms with Gasteiger partial charge in [-0.1, -0.05) is 18.1 Å². The first-order valence-electron chi connectivity index (χ1n) is 8.76. The standard InChI is InChI=1S/C21H13F3N4O2S/c22-21(23,24)17-5-2-15(3-6-17)16-4-8-20-27-11-18(28(20)13-16)7-1-14-9-19(12-26-10-14)31(25,29)30/h2-6,8-13H,(H2,25,29,30). The number of nitrogens with zero attached hydrogens (tertiary/aromatic N) is 3. The number of imidazole rings is 1. The Kier molecular flexibility index (Phi) is 5.00. The molecule has 0 aliphatic rings.